The van der Waals surface area contributed by atoms with Crippen LogP contribution >= 0.6 is 0 Å². The second-order valence-corrected chi connectivity index (χ2v) is 5.02. The first-order chi connectivity index (χ1) is 8.70. The van der Waals surface area contributed by atoms with Crippen LogP contribution in [0.1, 0.15) is 44.7 Å². The van der Waals surface area contributed by atoms with Crippen molar-refractivity contribution in [2.45, 2.75) is 51.3 Å². The molecule has 0 radical (unpaired) electrons. The first-order valence-corrected chi connectivity index (χ1v) is 6.84. The fourth-order valence-corrected chi connectivity index (χ4v) is 2.59. The number of hydrogen-bond donors (Lipinski definition) is 1. The van der Waals surface area contributed by atoms with Gasteiger partial charge in [-0.15, -0.1) is 0 Å². The van der Waals surface area contributed by atoms with Crippen molar-refractivity contribution in [3.8, 4) is 0 Å². The van der Waals surface area contributed by atoms with Crippen molar-refractivity contribution in [2.24, 2.45) is 0 Å². The molecular weight excluding hydrogens is 229 g/mol. The maximum atomic E-state index is 13.2. The van der Waals surface area contributed by atoms with Crippen LogP contribution in [0.25, 0.3) is 0 Å². The summed E-state index contributed by atoms with van der Waals surface area (Å²) >= 11 is 0. The SMILES string of the molecule is CCC(NC(C)C1CCCO1)c1cccc(F)c1. The molecule has 1 aromatic carbocycles. The molecule has 0 saturated carbocycles. The van der Waals surface area contributed by atoms with Crippen molar-refractivity contribution in [3.05, 3.63) is 35.6 Å². The van der Waals surface area contributed by atoms with Gasteiger partial charge in [-0.25, -0.2) is 4.39 Å². The van der Waals surface area contributed by atoms with Gasteiger partial charge < -0.3 is 10.1 Å². The van der Waals surface area contributed by atoms with Crippen LogP contribution in [-0.2, 0) is 4.74 Å². The number of benzene rings is 1. The number of ether oxygens (including phenoxy) is 1. The third-order valence-corrected chi connectivity index (χ3v) is 3.65. The molecule has 1 N–H and O–H groups in total. The number of nitrogens with one attached hydrogen (secondary N) is 1. The molecule has 1 heterocycles. The monoisotopic (exact) mass is 251 g/mol. The predicted molar refractivity (Wildman–Crippen MR) is 71.0 cm³/mol. The maximum absolute atomic E-state index is 13.2. The third kappa shape index (κ3) is 3.30. The summed E-state index contributed by atoms with van der Waals surface area (Å²) in [6.07, 6.45) is 3.51. The molecular formula is C15H22FNO. The number of hydrogen-bond acceptors (Lipinski definition) is 2. The predicted octanol–water partition coefficient (Wildman–Crippen LogP) is 3.43. The largest absolute Gasteiger partial charge is 0.377 e. The first kappa shape index (κ1) is 13.5. The highest BCUT2D eigenvalue weighted by Crippen LogP contribution is 2.22. The van der Waals surface area contributed by atoms with Crippen molar-refractivity contribution >= 4 is 0 Å². The molecule has 1 aromatic rings. The van der Waals surface area contributed by atoms with E-state index in [0.29, 0.717) is 12.1 Å². The van der Waals surface area contributed by atoms with Gasteiger partial charge in [0.25, 0.3) is 0 Å². The van der Waals surface area contributed by atoms with Crippen molar-refractivity contribution in [1.82, 2.24) is 5.32 Å². The standard InChI is InChI=1S/C15H22FNO/c1-3-14(12-6-4-7-13(16)10-12)17-11(2)15-8-5-9-18-15/h4,6-7,10-11,14-15,17H,3,5,8-9H2,1-2H3. The molecule has 2 nitrogen and oxygen atoms in total. The maximum Gasteiger partial charge on any atom is 0.123 e. The molecule has 2 rings (SSSR count). The lowest BCUT2D eigenvalue weighted by Gasteiger charge is -2.26. The summed E-state index contributed by atoms with van der Waals surface area (Å²) in [7, 11) is 0. The molecule has 100 valence electrons. The fourth-order valence-electron chi connectivity index (χ4n) is 2.59. The smallest absolute Gasteiger partial charge is 0.123 e. The molecule has 1 fully saturated rings. The molecule has 0 aliphatic carbocycles. The average molecular weight is 251 g/mol. The van der Waals surface area contributed by atoms with Crippen LogP contribution in [-0.4, -0.2) is 18.8 Å². The van der Waals surface area contributed by atoms with E-state index in [4.69, 9.17) is 4.74 Å². The lowest BCUT2D eigenvalue weighted by molar-refractivity contribution is 0.0794. The molecule has 3 atom stereocenters. The van der Waals surface area contributed by atoms with E-state index >= 15 is 0 Å². The van der Waals surface area contributed by atoms with Gasteiger partial charge in [0.1, 0.15) is 5.82 Å². The van der Waals surface area contributed by atoms with Gasteiger partial charge in [0.2, 0.25) is 0 Å². The Kier molecular flexibility index (Phi) is 4.72. The fraction of sp³-hybridized carbons (Fsp3) is 0.600. The summed E-state index contributed by atoms with van der Waals surface area (Å²) in [5.74, 6) is -0.169. The Morgan fingerprint density at radius 1 is 1.50 bits per heavy atom. The summed E-state index contributed by atoms with van der Waals surface area (Å²) in [5, 5.41) is 3.56. The molecule has 0 bridgehead atoms. The Morgan fingerprint density at radius 2 is 2.33 bits per heavy atom. The molecule has 1 aliphatic rings. The van der Waals surface area contributed by atoms with Crippen LogP contribution in [0.2, 0.25) is 0 Å². The van der Waals surface area contributed by atoms with Crippen LogP contribution in [0.3, 0.4) is 0 Å². The minimum absolute atomic E-state index is 0.169. The molecule has 1 aliphatic heterocycles. The summed E-state index contributed by atoms with van der Waals surface area (Å²) in [5.41, 5.74) is 1.02. The molecule has 3 unspecified atom stereocenters. The van der Waals surface area contributed by atoms with Crippen molar-refractivity contribution < 1.29 is 9.13 Å². The van der Waals surface area contributed by atoms with Gasteiger partial charge in [-0.1, -0.05) is 19.1 Å². The third-order valence-electron chi connectivity index (χ3n) is 3.65. The number of halogens is 1. The molecule has 0 amide bonds. The topological polar surface area (TPSA) is 21.3 Å². The van der Waals surface area contributed by atoms with Gasteiger partial charge in [-0.3, -0.25) is 0 Å². The Bertz CT molecular complexity index is 377. The zero-order chi connectivity index (χ0) is 13.0. The van der Waals surface area contributed by atoms with Gasteiger partial charge >= 0.3 is 0 Å². The molecule has 3 heteroatoms. The summed E-state index contributed by atoms with van der Waals surface area (Å²) in [6, 6.07) is 7.35. The minimum atomic E-state index is -0.169. The Morgan fingerprint density at radius 3 is 2.94 bits per heavy atom. The van der Waals surface area contributed by atoms with Gasteiger partial charge in [-0.05, 0) is 43.9 Å². The van der Waals surface area contributed by atoms with Gasteiger partial charge in [0, 0.05) is 18.7 Å². The van der Waals surface area contributed by atoms with Crippen LogP contribution in [0, 0.1) is 5.82 Å². The molecule has 1 saturated heterocycles. The van der Waals surface area contributed by atoms with Crippen LogP contribution < -0.4 is 5.32 Å². The van der Waals surface area contributed by atoms with E-state index in [0.717, 1.165) is 31.4 Å². The van der Waals surface area contributed by atoms with E-state index in [-0.39, 0.29) is 11.9 Å². The van der Waals surface area contributed by atoms with Crippen molar-refractivity contribution in [1.29, 1.82) is 0 Å². The Labute approximate surface area is 109 Å². The molecule has 18 heavy (non-hydrogen) atoms. The molecule has 0 spiro atoms. The highest BCUT2D eigenvalue weighted by Gasteiger charge is 2.24. The van der Waals surface area contributed by atoms with E-state index in [2.05, 4.69) is 19.2 Å². The van der Waals surface area contributed by atoms with Crippen LogP contribution in [0.15, 0.2) is 24.3 Å². The Hall–Kier alpha value is -0.930. The average Bonchev–Trinajstić information content (AvgIpc) is 2.89. The van der Waals surface area contributed by atoms with Crippen LogP contribution in [0.4, 0.5) is 4.39 Å². The quantitative estimate of drug-likeness (QED) is 0.865. The first-order valence-electron chi connectivity index (χ1n) is 6.84. The molecule has 0 aromatic heterocycles. The van der Waals surface area contributed by atoms with Gasteiger partial charge in [0.15, 0.2) is 0 Å². The zero-order valence-electron chi connectivity index (χ0n) is 11.2. The van der Waals surface area contributed by atoms with Crippen molar-refractivity contribution in [2.75, 3.05) is 6.61 Å². The zero-order valence-corrected chi connectivity index (χ0v) is 11.2. The highest BCUT2D eigenvalue weighted by molar-refractivity contribution is 5.20. The second-order valence-electron chi connectivity index (χ2n) is 5.02. The van der Waals surface area contributed by atoms with Crippen LogP contribution in [0.5, 0.6) is 0 Å². The lowest BCUT2D eigenvalue weighted by atomic mass is 10.0. The lowest BCUT2D eigenvalue weighted by Crippen LogP contribution is -2.39. The van der Waals surface area contributed by atoms with E-state index in [1.54, 1.807) is 12.1 Å². The van der Waals surface area contributed by atoms with E-state index in [1.807, 2.05) is 6.07 Å². The van der Waals surface area contributed by atoms with E-state index in [9.17, 15) is 4.39 Å². The van der Waals surface area contributed by atoms with Crippen molar-refractivity contribution in [3.63, 3.8) is 0 Å². The highest BCUT2D eigenvalue weighted by atomic mass is 19.1. The summed E-state index contributed by atoms with van der Waals surface area (Å²) in [6.45, 7) is 5.14. The van der Waals surface area contributed by atoms with E-state index < -0.39 is 0 Å². The number of rotatable bonds is 5. The summed E-state index contributed by atoms with van der Waals surface area (Å²) in [4.78, 5) is 0. The summed E-state index contributed by atoms with van der Waals surface area (Å²) < 4.78 is 18.9. The Balaban J connectivity index is 2.00. The minimum Gasteiger partial charge on any atom is -0.377 e. The van der Waals surface area contributed by atoms with Gasteiger partial charge in [-0.2, -0.15) is 0 Å². The van der Waals surface area contributed by atoms with Gasteiger partial charge in [0.05, 0.1) is 6.10 Å². The van der Waals surface area contributed by atoms with E-state index in [1.165, 1.54) is 6.07 Å². The normalized spacial score (nSPS) is 22.9. The second kappa shape index (κ2) is 6.30.